The Morgan fingerprint density at radius 1 is 1.33 bits per heavy atom. The van der Waals surface area contributed by atoms with Gasteiger partial charge in [-0.3, -0.25) is 4.79 Å². The van der Waals surface area contributed by atoms with Crippen LogP contribution in [0.25, 0.3) is 5.57 Å². The smallest absolute Gasteiger partial charge is 0.293 e. The van der Waals surface area contributed by atoms with Crippen LogP contribution in [0.2, 0.25) is 0 Å². The molecule has 1 aromatic rings. The van der Waals surface area contributed by atoms with E-state index >= 15 is 0 Å². The number of nitrogens with one attached hydrogen (secondary N) is 1. The Morgan fingerprint density at radius 3 is 2.72 bits per heavy atom. The average molecular weight is 245 g/mol. The van der Waals surface area contributed by atoms with Crippen molar-refractivity contribution >= 4 is 17.7 Å². The summed E-state index contributed by atoms with van der Waals surface area (Å²) in [5.41, 5.74) is 5.67. The summed E-state index contributed by atoms with van der Waals surface area (Å²) in [5, 5.41) is 3.49. The zero-order valence-corrected chi connectivity index (χ0v) is 11.3. The van der Waals surface area contributed by atoms with E-state index in [1.54, 1.807) is 0 Å². The molecule has 0 saturated heterocycles. The number of hydrogen-bond donors (Lipinski definition) is 1. The lowest BCUT2D eigenvalue weighted by Crippen LogP contribution is -2.32. The van der Waals surface area contributed by atoms with E-state index in [4.69, 9.17) is 4.74 Å². The highest BCUT2D eigenvalue weighted by molar-refractivity contribution is 5.82. The Balaban J connectivity index is 2.54. The van der Waals surface area contributed by atoms with Gasteiger partial charge in [0.25, 0.3) is 6.47 Å². The van der Waals surface area contributed by atoms with Crippen molar-refractivity contribution < 1.29 is 9.53 Å². The van der Waals surface area contributed by atoms with Crippen LogP contribution in [0, 0.1) is 6.92 Å². The number of rotatable bonds is 3. The van der Waals surface area contributed by atoms with Crippen LogP contribution in [0.5, 0.6) is 0 Å². The predicted octanol–water partition coefficient (Wildman–Crippen LogP) is 3.28. The van der Waals surface area contributed by atoms with Gasteiger partial charge in [0.2, 0.25) is 0 Å². The first-order valence-corrected chi connectivity index (χ1v) is 6.10. The average Bonchev–Trinajstić information content (AvgIpc) is 2.27. The lowest BCUT2D eigenvalue weighted by Gasteiger charge is -2.33. The Bertz CT molecular complexity index is 515. The second-order valence-electron chi connectivity index (χ2n) is 5.36. The zero-order valence-electron chi connectivity index (χ0n) is 11.3. The monoisotopic (exact) mass is 245 g/mol. The van der Waals surface area contributed by atoms with Crippen molar-refractivity contribution in [2.24, 2.45) is 0 Å². The van der Waals surface area contributed by atoms with Gasteiger partial charge in [0.1, 0.15) is 6.61 Å². The van der Waals surface area contributed by atoms with E-state index in [1.165, 1.54) is 5.57 Å². The minimum Gasteiger partial charge on any atom is -0.463 e. The van der Waals surface area contributed by atoms with Gasteiger partial charge in [0.15, 0.2) is 0 Å². The van der Waals surface area contributed by atoms with Gasteiger partial charge in [-0.1, -0.05) is 12.1 Å². The molecule has 0 amide bonds. The molecule has 1 N–H and O–H groups in total. The molecule has 18 heavy (non-hydrogen) atoms. The summed E-state index contributed by atoms with van der Waals surface area (Å²) in [7, 11) is 0. The lowest BCUT2D eigenvalue weighted by molar-refractivity contribution is -0.129. The normalized spacial score (nSPS) is 16.3. The van der Waals surface area contributed by atoms with Crippen LogP contribution in [0.3, 0.4) is 0 Å². The van der Waals surface area contributed by atoms with Gasteiger partial charge in [-0.05, 0) is 44.9 Å². The largest absolute Gasteiger partial charge is 0.463 e. The van der Waals surface area contributed by atoms with Crippen LogP contribution in [0.15, 0.2) is 18.2 Å². The number of fused-ring (bicyclic) bond motifs is 1. The van der Waals surface area contributed by atoms with Crippen LogP contribution in [-0.4, -0.2) is 12.0 Å². The van der Waals surface area contributed by atoms with Gasteiger partial charge in [0, 0.05) is 16.8 Å². The molecule has 0 fully saturated rings. The van der Waals surface area contributed by atoms with E-state index in [2.05, 4.69) is 44.3 Å². The quantitative estimate of drug-likeness (QED) is 0.830. The SMILES string of the molecule is CC1=CC(C)(C)Nc2ccc(C)c(COC=O)c21. The Hall–Kier alpha value is -1.77. The Labute approximate surface area is 108 Å². The van der Waals surface area contributed by atoms with Crippen molar-refractivity contribution in [2.75, 3.05) is 5.32 Å². The lowest BCUT2D eigenvalue weighted by atomic mass is 9.87. The zero-order chi connectivity index (χ0) is 13.3. The Morgan fingerprint density at radius 2 is 2.06 bits per heavy atom. The first-order chi connectivity index (χ1) is 8.44. The molecule has 0 spiro atoms. The van der Waals surface area contributed by atoms with E-state index in [-0.39, 0.29) is 5.54 Å². The highest BCUT2D eigenvalue weighted by atomic mass is 16.5. The number of hydrogen-bond acceptors (Lipinski definition) is 3. The van der Waals surface area contributed by atoms with Crippen LogP contribution in [0.1, 0.15) is 37.5 Å². The first-order valence-electron chi connectivity index (χ1n) is 6.10. The number of ether oxygens (including phenoxy) is 1. The number of anilines is 1. The van der Waals surface area contributed by atoms with Crippen molar-refractivity contribution in [3.8, 4) is 0 Å². The molecule has 0 bridgehead atoms. The second-order valence-corrected chi connectivity index (χ2v) is 5.36. The van der Waals surface area contributed by atoms with Crippen molar-refractivity contribution in [1.29, 1.82) is 0 Å². The first kappa shape index (κ1) is 12.7. The minimum absolute atomic E-state index is 0.0465. The van der Waals surface area contributed by atoms with Crippen molar-refractivity contribution in [3.63, 3.8) is 0 Å². The molecule has 3 nitrogen and oxygen atoms in total. The van der Waals surface area contributed by atoms with Crippen molar-refractivity contribution in [1.82, 2.24) is 0 Å². The predicted molar refractivity (Wildman–Crippen MR) is 73.4 cm³/mol. The van der Waals surface area contributed by atoms with Gasteiger partial charge in [-0.25, -0.2) is 0 Å². The third kappa shape index (κ3) is 2.26. The van der Waals surface area contributed by atoms with Gasteiger partial charge >= 0.3 is 0 Å². The summed E-state index contributed by atoms with van der Waals surface area (Å²) < 4.78 is 4.93. The topological polar surface area (TPSA) is 38.3 Å². The maximum absolute atomic E-state index is 10.4. The fraction of sp³-hybridized carbons (Fsp3) is 0.400. The van der Waals surface area contributed by atoms with Gasteiger partial charge in [-0.2, -0.15) is 0 Å². The summed E-state index contributed by atoms with van der Waals surface area (Å²) in [5.74, 6) is 0. The summed E-state index contributed by atoms with van der Waals surface area (Å²) in [6.45, 7) is 9.24. The number of benzene rings is 1. The number of carbonyl (C=O) groups is 1. The summed E-state index contributed by atoms with van der Waals surface area (Å²) in [6.07, 6.45) is 2.21. The van der Waals surface area contributed by atoms with E-state index in [0.717, 1.165) is 22.4 Å². The summed E-state index contributed by atoms with van der Waals surface area (Å²) in [4.78, 5) is 10.4. The molecule has 0 saturated carbocycles. The van der Waals surface area contributed by atoms with Gasteiger partial charge in [-0.15, -0.1) is 0 Å². The molecule has 1 aliphatic rings. The molecule has 0 unspecified atom stereocenters. The molecule has 0 radical (unpaired) electrons. The van der Waals surface area contributed by atoms with Crippen molar-refractivity contribution in [3.05, 3.63) is 34.9 Å². The van der Waals surface area contributed by atoms with E-state index < -0.39 is 0 Å². The highest BCUT2D eigenvalue weighted by Gasteiger charge is 2.24. The van der Waals surface area contributed by atoms with E-state index in [0.29, 0.717) is 13.1 Å². The molecule has 2 rings (SSSR count). The highest BCUT2D eigenvalue weighted by Crippen LogP contribution is 2.37. The maximum atomic E-state index is 10.4. The number of aryl methyl sites for hydroxylation is 1. The van der Waals surface area contributed by atoms with Gasteiger partial charge in [0.05, 0.1) is 5.54 Å². The second kappa shape index (κ2) is 4.48. The standard InChI is InChI=1S/C15H19NO2/c1-10-5-6-13-14(12(10)8-18-9-17)11(2)7-15(3,4)16-13/h5-7,9,16H,8H2,1-4H3. The number of allylic oxidation sites excluding steroid dienone is 1. The molecule has 1 heterocycles. The molecule has 0 aliphatic carbocycles. The summed E-state index contributed by atoms with van der Waals surface area (Å²) >= 11 is 0. The van der Waals surface area contributed by atoms with Gasteiger partial charge < -0.3 is 10.1 Å². The van der Waals surface area contributed by atoms with Crippen LogP contribution < -0.4 is 5.32 Å². The molecule has 0 aromatic heterocycles. The molecule has 96 valence electrons. The van der Waals surface area contributed by atoms with E-state index in [1.807, 2.05) is 6.92 Å². The minimum atomic E-state index is -0.0465. The third-order valence-corrected chi connectivity index (χ3v) is 3.27. The number of carbonyl (C=O) groups excluding carboxylic acids is 1. The maximum Gasteiger partial charge on any atom is 0.293 e. The van der Waals surface area contributed by atoms with Crippen molar-refractivity contribution in [2.45, 2.75) is 39.8 Å². The summed E-state index contributed by atoms with van der Waals surface area (Å²) in [6, 6.07) is 4.15. The molecule has 3 heteroatoms. The van der Waals surface area contributed by atoms with Crippen LogP contribution >= 0.6 is 0 Å². The molecular formula is C15H19NO2. The van der Waals surface area contributed by atoms with Crippen LogP contribution in [0.4, 0.5) is 5.69 Å². The van der Waals surface area contributed by atoms with Crippen LogP contribution in [-0.2, 0) is 16.1 Å². The third-order valence-electron chi connectivity index (χ3n) is 3.27. The molecule has 1 aromatic carbocycles. The fourth-order valence-electron chi connectivity index (χ4n) is 2.61. The molecular weight excluding hydrogens is 226 g/mol. The molecule has 0 atom stereocenters. The Kier molecular flexibility index (Phi) is 3.16. The van der Waals surface area contributed by atoms with E-state index in [9.17, 15) is 4.79 Å². The fourth-order valence-corrected chi connectivity index (χ4v) is 2.61. The molecule has 1 aliphatic heterocycles.